The molecule has 2 fully saturated rings. The van der Waals surface area contributed by atoms with Crippen molar-refractivity contribution in [3.05, 3.63) is 35.4 Å². The first-order valence-corrected chi connectivity index (χ1v) is 7.33. The number of rotatable bonds is 3. The zero-order chi connectivity index (χ0) is 13.3. The van der Waals surface area contributed by atoms with E-state index in [1.807, 2.05) is 24.3 Å². The molecule has 0 bridgehead atoms. The number of halogens is 1. The van der Waals surface area contributed by atoms with Crippen LogP contribution >= 0.6 is 12.4 Å². The van der Waals surface area contributed by atoms with Crippen LogP contribution in [0.1, 0.15) is 54.4 Å². The van der Waals surface area contributed by atoms with Crippen LogP contribution in [0.5, 0.6) is 0 Å². The monoisotopic (exact) mass is 294 g/mol. The van der Waals surface area contributed by atoms with Crippen molar-refractivity contribution in [3.8, 4) is 0 Å². The van der Waals surface area contributed by atoms with Gasteiger partial charge in [0.25, 0.3) is 5.91 Å². The predicted octanol–water partition coefficient (Wildman–Crippen LogP) is 3.02. The summed E-state index contributed by atoms with van der Waals surface area (Å²) in [7, 11) is 0. The predicted molar refractivity (Wildman–Crippen MR) is 83.0 cm³/mol. The zero-order valence-corrected chi connectivity index (χ0v) is 12.5. The van der Waals surface area contributed by atoms with Crippen molar-refractivity contribution < 1.29 is 4.79 Å². The average Bonchev–Trinajstić information content (AvgIpc) is 3.11. The van der Waals surface area contributed by atoms with Gasteiger partial charge in [0, 0.05) is 18.2 Å². The molecule has 0 saturated heterocycles. The molecule has 0 radical (unpaired) electrons. The normalized spacial score (nSPS) is 22.9. The standard InChI is InChI=1S/C16H22N2O.ClH/c17-11-12-4-6-13(7-5-12)15(19)18-14-10-16(14)8-2-1-3-9-16;/h4-7,14H,1-3,8-11,17H2,(H,18,19);1H. The van der Waals surface area contributed by atoms with Gasteiger partial charge in [0.2, 0.25) is 0 Å². The number of hydrogen-bond acceptors (Lipinski definition) is 2. The first kappa shape index (κ1) is 15.3. The first-order valence-electron chi connectivity index (χ1n) is 7.33. The molecule has 2 aliphatic carbocycles. The summed E-state index contributed by atoms with van der Waals surface area (Å²) >= 11 is 0. The van der Waals surface area contributed by atoms with Crippen LogP contribution in [0.2, 0.25) is 0 Å². The SMILES string of the molecule is Cl.NCc1ccc(C(=O)NC2CC23CCCCC3)cc1. The molecule has 1 unspecified atom stereocenters. The van der Waals surface area contributed by atoms with Crippen molar-refractivity contribution in [3.63, 3.8) is 0 Å². The van der Waals surface area contributed by atoms with Gasteiger partial charge in [-0.2, -0.15) is 0 Å². The number of hydrogen-bond donors (Lipinski definition) is 2. The number of carbonyl (C=O) groups is 1. The maximum absolute atomic E-state index is 12.2. The molecule has 1 atom stereocenters. The van der Waals surface area contributed by atoms with E-state index in [-0.39, 0.29) is 18.3 Å². The van der Waals surface area contributed by atoms with Crippen molar-refractivity contribution in [2.24, 2.45) is 11.1 Å². The number of nitrogens with two attached hydrogens (primary N) is 1. The highest BCUT2D eigenvalue weighted by atomic mass is 35.5. The summed E-state index contributed by atoms with van der Waals surface area (Å²) in [6.45, 7) is 0.521. The van der Waals surface area contributed by atoms with E-state index in [0.29, 0.717) is 18.0 Å². The lowest BCUT2D eigenvalue weighted by Crippen LogP contribution is -2.30. The molecule has 1 aromatic carbocycles. The summed E-state index contributed by atoms with van der Waals surface area (Å²) in [5.41, 5.74) is 7.82. The minimum absolute atomic E-state index is 0. The van der Waals surface area contributed by atoms with Gasteiger partial charge < -0.3 is 11.1 Å². The van der Waals surface area contributed by atoms with E-state index in [9.17, 15) is 4.79 Å². The summed E-state index contributed by atoms with van der Waals surface area (Å²) in [5.74, 6) is 0.0658. The number of nitrogens with one attached hydrogen (secondary N) is 1. The molecule has 3 nitrogen and oxygen atoms in total. The fraction of sp³-hybridized carbons (Fsp3) is 0.562. The van der Waals surface area contributed by atoms with Gasteiger partial charge >= 0.3 is 0 Å². The van der Waals surface area contributed by atoms with E-state index in [1.54, 1.807) is 0 Å². The lowest BCUT2D eigenvalue weighted by atomic mass is 9.86. The Bertz CT molecular complexity index is 466. The Morgan fingerprint density at radius 2 is 1.85 bits per heavy atom. The van der Waals surface area contributed by atoms with E-state index in [2.05, 4.69) is 5.32 Å². The van der Waals surface area contributed by atoms with E-state index in [0.717, 1.165) is 11.1 Å². The molecule has 0 heterocycles. The molecule has 2 saturated carbocycles. The maximum Gasteiger partial charge on any atom is 0.251 e. The second kappa shape index (κ2) is 6.15. The van der Waals surface area contributed by atoms with Gasteiger partial charge in [0.05, 0.1) is 0 Å². The Labute approximate surface area is 126 Å². The first-order chi connectivity index (χ1) is 9.23. The molecule has 2 aliphatic rings. The third kappa shape index (κ3) is 2.99. The zero-order valence-electron chi connectivity index (χ0n) is 11.7. The van der Waals surface area contributed by atoms with Crippen LogP contribution in [0.15, 0.2) is 24.3 Å². The third-order valence-corrected chi connectivity index (χ3v) is 4.80. The molecule has 3 rings (SSSR count). The summed E-state index contributed by atoms with van der Waals surface area (Å²) in [6.07, 6.45) is 7.80. The van der Waals surface area contributed by atoms with Crippen LogP contribution in [0, 0.1) is 5.41 Å². The lowest BCUT2D eigenvalue weighted by Gasteiger charge is -2.22. The Morgan fingerprint density at radius 1 is 1.20 bits per heavy atom. The van der Waals surface area contributed by atoms with Crippen molar-refractivity contribution in [1.29, 1.82) is 0 Å². The quantitative estimate of drug-likeness (QED) is 0.900. The molecule has 1 aromatic rings. The Morgan fingerprint density at radius 3 is 2.45 bits per heavy atom. The Kier molecular flexibility index (Phi) is 4.71. The highest BCUT2D eigenvalue weighted by molar-refractivity contribution is 5.94. The van der Waals surface area contributed by atoms with Gasteiger partial charge in [0.15, 0.2) is 0 Å². The molecule has 4 heteroatoms. The molecular weight excluding hydrogens is 272 g/mol. The van der Waals surface area contributed by atoms with Gasteiger partial charge in [-0.25, -0.2) is 0 Å². The summed E-state index contributed by atoms with van der Waals surface area (Å²) in [6, 6.07) is 8.01. The van der Waals surface area contributed by atoms with Gasteiger partial charge in [-0.15, -0.1) is 12.4 Å². The number of amides is 1. The number of carbonyl (C=O) groups excluding carboxylic acids is 1. The minimum Gasteiger partial charge on any atom is -0.349 e. The largest absolute Gasteiger partial charge is 0.349 e. The van der Waals surface area contributed by atoms with E-state index in [4.69, 9.17) is 5.73 Å². The fourth-order valence-electron chi connectivity index (χ4n) is 3.39. The molecule has 0 aromatic heterocycles. The van der Waals surface area contributed by atoms with Crippen LogP contribution in [0.4, 0.5) is 0 Å². The van der Waals surface area contributed by atoms with Gasteiger partial charge in [-0.05, 0) is 42.4 Å². The topological polar surface area (TPSA) is 55.1 Å². The summed E-state index contributed by atoms with van der Waals surface area (Å²) in [4.78, 5) is 12.2. The van der Waals surface area contributed by atoms with Crippen LogP contribution in [-0.4, -0.2) is 11.9 Å². The fourth-order valence-corrected chi connectivity index (χ4v) is 3.39. The summed E-state index contributed by atoms with van der Waals surface area (Å²) in [5, 5.41) is 3.20. The van der Waals surface area contributed by atoms with Crippen molar-refractivity contribution in [2.45, 2.75) is 51.1 Å². The third-order valence-electron chi connectivity index (χ3n) is 4.80. The van der Waals surface area contributed by atoms with Gasteiger partial charge in [-0.3, -0.25) is 4.79 Å². The van der Waals surface area contributed by atoms with E-state index < -0.39 is 0 Å². The Balaban J connectivity index is 0.00000147. The van der Waals surface area contributed by atoms with Crippen LogP contribution in [-0.2, 0) is 6.54 Å². The number of benzene rings is 1. The molecular formula is C16H23ClN2O. The second-order valence-electron chi connectivity index (χ2n) is 6.05. The molecule has 110 valence electrons. The molecule has 0 aliphatic heterocycles. The van der Waals surface area contributed by atoms with E-state index in [1.165, 1.54) is 38.5 Å². The van der Waals surface area contributed by atoms with Crippen LogP contribution in [0.3, 0.4) is 0 Å². The van der Waals surface area contributed by atoms with Crippen molar-refractivity contribution in [2.75, 3.05) is 0 Å². The maximum atomic E-state index is 12.2. The van der Waals surface area contributed by atoms with E-state index >= 15 is 0 Å². The van der Waals surface area contributed by atoms with Crippen molar-refractivity contribution >= 4 is 18.3 Å². The highest BCUT2D eigenvalue weighted by Crippen LogP contribution is 2.56. The second-order valence-corrected chi connectivity index (χ2v) is 6.05. The van der Waals surface area contributed by atoms with Crippen LogP contribution < -0.4 is 11.1 Å². The van der Waals surface area contributed by atoms with Crippen molar-refractivity contribution in [1.82, 2.24) is 5.32 Å². The average molecular weight is 295 g/mol. The molecule has 1 spiro atoms. The van der Waals surface area contributed by atoms with Crippen LogP contribution in [0.25, 0.3) is 0 Å². The van der Waals surface area contributed by atoms with Gasteiger partial charge in [-0.1, -0.05) is 31.4 Å². The molecule has 20 heavy (non-hydrogen) atoms. The lowest BCUT2D eigenvalue weighted by molar-refractivity contribution is 0.0942. The summed E-state index contributed by atoms with van der Waals surface area (Å²) < 4.78 is 0. The Hall–Kier alpha value is -1.06. The van der Waals surface area contributed by atoms with Gasteiger partial charge in [0.1, 0.15) is 0 Å². The smallest absolute Gasteiger partial charge is 0.251 e. The minimum atomic E-state index is 0. The molecule has 1 amide bonds. The molecule has 3 N–H and O–H groups in total. The highest BCUT2D eigenvalue weighted by Gasteiger charge is 2.54.